The highest BCUT2D eigenvalue weighted by molar-refractivity contribution is 5.71. The maximum Gasteiger partial charge on any atom is 0.306 e. The van der Waals surface area contributed by atoms with Gasteiger partial charge in [-0.3, -0.25) is 14.4 Å². The van der Waals surface area contributed by atoms with E-state index in [1.165, 1.54) is 205 Å². The molecule has 0 aliphatic carbocycles. The standard InChI is InChI=1S/C62H112O6/c1-4-7-10-13-16-19-22-25-28-30-31-33-34-37-40-43-46-49-52-55-61(64)67-58-59(57-66-60(63)54-51-48-45-42-39-36-27-24-21-18-15-12-9-6-3)68-62(65)56-53-50-47-44-41-38-35-32-29-26-23-20-17-14-11-8-5-2/h26,29-31,35,38,44,47,59H,4-25,27-28,32-34,36-37,39-43,45-46,48-58H2,1-3H3/b29-26-,31-30-,38-35-,47-44-. The molecule has 1 unspecified atom stereocenters. The van der Waals surface area contributed by atoms with E-state index in [2.05, 4.69) is 69.4 Å². The van der Waals surface area contributed by atoms with Gasteiger partial charge in [-0.1, -0.05) is 262 Å². The summed E-state index contributed by atoms with van der Waals surface area (Å²) in [7, 11) is 0. The predicted octanol–water partition coefficient (Wildman–Crippen LogP) is 19.8. The molecule has 0 aliphatic heterocycles. The third-order valence-electron chi connectivity index (χ3n) is 13.1. The van der Waals surface area contributed by atoms with Crippen LogP contribution in [0.2, 0.25) is 0 Å². The molecule has 0 spiro atoms. The molecule has 0 heterocycles. The number of hydrogen-bond donors (Lipinski definition) is 0. The van der Waals surface area contributed by atoms with Crippen molar-refractivity contribution < 1.29 is 28.6 Å². The first-order chi connectivity index (χ1) is 33.5. The summed E-state index contributed by atoms with van der Waals surface area (Å²) in [4.78, 5) is 38.1. The summed E-state index contributed by atoms with van der Waals surface area (Å²) in [5.41, 5.74) is 0. The van der Waals surface area contributed by atoms with E-state index in [1.807, 2.05) is 0 Å². The van der Waals surface area contributed by atoms with Crippen LogP contribution in [0.3, 0.4) is 0 Å². The van der Waals surface area contributed by atoms with Gasteiger partial charge in [0.25, 0.3) is 0 Å². The van der Waals surface area contributed by atoms with E-state index in [1.54, 1.807) is 0 Å². The first-order valence-corrected chi connectivity index (χ1v) is 29.6. The second kappa shape index (κ2) is 57.0. The van der Waals surface area contributed by atoms with Crippen LogP contribution in [0.4, 0.5) is 0 Å². The third-order valence-corrected chi connectivity index (χ3v) is 13.1. The van der Waals surface area contributed by atoms with Crippen LogP contribution in [0.15, 0.2) is 48.6 Å². The minimum atomic E-state index is -0.799. The van der Waals surface area contributed by atoms with Gasteiger partial charge in [-0.25, -0.2) is 0 Å². The van der Waals surface area contributed by atoms with E-state index in [0.717, 1.165) is 57.8 Å². The van der Waals surface area contributed by atoms with Gasteiger partial charge >= 0.3 is 17.9 Å². The number of ether oxygens (including phenoxy) is 3. The van der Waals surface area contributed by atoms with Gasteiger partial charge in [0.15, 0.2) is 6.10 Å². The summed E-state index contributed by atoms with van der Waals surface area (Å²) < 4.78 is 16.8. The van der Waals surface area contributed by atoms with Crippen molar-refractivity contribution in [1.82, 2.24) is 0 Å². The second-order valence-corrected chi connectivity index (χ2v) is 19.9. The van der Waals surface area contributed by atoms with E-state index >= 15 is 0 Å². The summed E-state index contributed by atoms with van der Waals surface area (Å²) in [5, 5.41) is 0. The molecule has 0 radical (unpaired) electrons. The van der Waals surface area contributed by atoms with Gasteiger partial charge in [0.1, 0.15) is 13.2 Å². The first kappa shape index (κ1) is 65.4. The molecular formula is C62H112O6. The number of unbranched alkanes of at least 4 members (excludes halogenated alkanes) is 35. The van der Waals surface area contributed by atoms with Crippen molar-refractivity contribution in [3.8, 4) is 0 Å². The summed E-state index contributed by atoms with van der Waals surface area (Å²) in [5.74, 6) is -0.933. The van der Waals surface area contributed by atoms with Crippen LogP contribution < -0.4 is 0 Å². The van der Waals surface area contributed by atoms with Crippen molar-refractivity contribution in [1.29, 1.82) is 0 Å². The monoisotopic (exact) mass is 953 g/mol. The van der Waals surface area contributed by atoms with Crippen molar-refractivity contribution in [3.63, 3.8) is 0 Å². The number of esters is 3. The topological polar surface area (TPSA) is 78.9 Å². The summed E-state index contributed by atoms with van der Waals surface area (Å²) in [6, 6.07) is 0. The Hall–Kier alpha value is -2.63. The van der Waals surface area contributed by atoms with E-state index < -0.39 is 6.10 Å². The Morgan fingerprint density at radius 2 is 0.544 bits per heavy atom. The zero-order valence-corrected chi connectivity index (χ0v) is 45.4. The van der Waals surface area contributed by atoms with Gasteiger partial charge in [-0.15, -0.1) is 0 Å². The molecule has 1 atom stereocenters. The zero-order chi connectivity index (χ0) is 49.3. The molecule has 6 nitrogen and oxygen atoms in total. The summed E-state index contributed by atoms with van der Waals surface area (Å²) in [6.07, 6.45) is 69.7. The predicted molar refractivity (Wildman–Crippen MR) is 293 cm³/mol. The van der Waals surface area contributed by atoms with Crippen LogP contribution >= 0.6 is 0 Å². The van der Waals surface area contributed by atoms with E-state index in [9.17, 15) is 14.4 Å². The van der Waals surface area contributed by atoms with Crippen molar-refractivity contribution in [2.45, 2.75) is 316 Å². The lowest BCUT2D eigenvalue weighted by molar-refractivity contribution is -0.167. The largest absolute Gasteiger partial charge is 0.462 e. The van der Waals surface area contributed by atoms with Crippen molar-refractivity contribution in [2.75, 3.05) is 13.2 Å². The number of hydrogen-bond acceptors (Lipinski definition) is 6. The molecule has 0 aromatic rings. The highest BCUT2D eigenvalue weighted by Crippen LogP contribution is 2.16. The number of allylic oxidation sites excluding steroid dienone is 8. The molecule has 0 saturated carbocycles. The zero-order valence-electron chi connectivity index (χ0n) is 45.4. The molecule has 0 N–H and O–H groups in total. The average Bonchev–Trinajstić information content (AvgIpc) is 3.34. The fourth-order valence-corrected chi connectivity index (χ4v) is 8.57. The fourth-order valence-electron chi connectivity index (χ4n) is 8.57. The molecule has 0 aromatic carbocycles. The summed E-state index contributed by atoms with van der Waals surface area (Å²) in [6.45, 7) is 6.62. The molecule has 0 rings (SSSR count). The first-order valence-electron chi connectivity index (χ1n) is 29.6. The molecule has 0 saturated heterocycles. The maximum absolute atomic E-state index is 12.8. The van der Waals surface area contributed by atoms with Crippen LogP contribution in [0.1, 0.15) is 310 Å². The van der Waals surface area contributed by atoms with Gasteiger partial charge < -0.3 is 14.2 Å². The van der Waals surface area contributed by atoms with E-state index in [0.29, 0.717) is 19.3 Å². The minimum Gasteiger partial charge on any atom is -0.462 e. The second-order valence-electron chi connectivity index (χ2n) is 19.9. The van der Waals surface area contributed by atoms with Crippen LogP contribution in [0.25, 0.3) is 0 Å². The fraction of sp³-hybridized carbons (Fsp3) is 0.823. The summed E-state index contributed by atoms with van der Waals surface area (Å²) >= 11 is 0. The lowest BCUT2D eigenvalue weighted by atomic mass is 10.0. The average molecular weight is 954 g/mol. The molecular weight excluding hydrogens is 841 g/mol. The minimum absolute atomic E-state index is 0.0913. The number of rotatable bonds is 54. The Bertz CT molecular complexity index is 1190. The molecule has 68 heavy (non-hydrogen) atoms. The molecule has 0 amide bonds. The van der Waals surface area contributed by atoms with E-state index in [4.69, 9.17) is 14.2 Å². The third kappa shape index (κ3) is 54.3. The normalized spacial score (nSPS) is 12.3. The number of carbonyl (C=O) groups excluding carboxylic acids is 3. The highest BCUT2D eigenvalue weighted by atomic mass is 16.6. The van der Waals surface area contributed by atoms with Crippen LogP contribution in [-0.4, -0.2) is 37.2 Å². The number of carbonyl (C=O) groups is 3. The van der Waals surface area contributed by atoms with Gasteiger partial charge in [-0.2, -0.15) is 0 Å². The van der Waals surface area contributed by atoms with Crippen molar-refractivity contribution in [2.24, 2.45) is 0 Å². The molecule has 396 valence electrons. The Morgan fingerprint density at radius 3 is 0.882 bits per heavy atom. The van der Waals surface area contributed by atoms with Gasteiger partial charge in [0.2, 0.25) is 0 Å². The lowest BCUT2D eigenvalue weighted by Gasteiger charge is -2.18. The molecule has 0 aromatic heterocycles. The quantitative estimate of drug-likeness (QED) is 0.0262. The van der Waals surface area contributed by atoms with Crippen LogP contribution in [0.5, 0.6) is 0 Å². The maximum atomic E-state index is 12.8. The lowest BCUT2D eigenvalue weighted by Crippen LogP contribution is -2.30. The molecule has 0 aliphatic rings. The Labute approximate surface area is 422 Å². The van der Waals surface area contributed by atoms with Gasteiger partial charge in [-0.05, 0) is 77.0 Å². The Balaban J connectivity index is 4.41. The van der Waals surface area contributed by atoms with E-state index in [-0.39, 0.29) is 37.5 Å². The molecule has 0 bridgehead atoms. The SMILES string of the molecule is CCCCCCCC/C=C\C/C=C\C/C=C\CCCC(=O)OC(COC(=O)CCCCCCCCC/C=C\CCCCCCCCCC)COC(=O)CCCCCCCCCCCCCCCC. The Morgan fingerprint density at radius 1 is 0.294 bits per heavy atom. The molecule has 6 heteroatoms. The highest BCUT2D eigenvalue weighted by Gasteiger charge is 2.19. The Kier molecular flexibility index (Phi) is 54.8. The van der Waals surface area contributed by atoms with Gasteiger partial charge in [0, 0.05) is 19.3 Å². The van der Waals surface area contributed by atoms with Crippen LogP contribution in [0, 0.1) is 0 Å². The van der Waals surface area contributed by atoms with Crippen LogP contribution in [-0.2, 0) is 28.6 Å². The van der Waals surface area contributed by atoms with Gasteiger partial charge in [0.05, 0.1) is 0 Å². The van der Waals surface area contributed by atoms with Crippen molar-refractivity contribution >= 4 is 17.9 Å². The molecule has 0 fully saturated rings. The smallest absolute Gasteiger partial charge is 0.306 e. The van der Waals surface area contributed by atoms with Crippen molar-refractivity contribution in [3.05, 3.63) is 48.6 Å².